The van der Waals surface area contributed by atoms with E-state index in [-0.39, 0.29) is 5.91 Å². The number of para-hydroxylation sites is 1. The average Bonchev–Trinajstić information content (AvgIpc) is 3.49. The molecular formula is C26H17ClN2O3S2. The maximum absolute atomic E-state index is 13.5. The molecule has 0 aliphatic rings. The van der Waals surface area contributed by atoms with Gasteiger partial charge in [0.2, 0.25) is 0 Å². The van der Waals surface area contributed by atoms with Crippen molar-refractivity contribution in [3.05, 3.63) is 93.6 Å². The first kappa shape index (κ1) is 22.3. The molecule has 0 saturated carbocycles. The molecule has 0 fully saturated rings. The summed E-state index contributed by atoms with van der Waals surface area (Å²) in [5.74, 6) is -0.849. The van der Waals surface area contributed by atoms with Gasteiger partial charge in [0.1, 0.15) is 10.6 Å². The van der Waals surface area contributed by atoms with E-state index in [1.165, 1.54) is 29.8 Å². The molecule has 0 radical (unpaired) electrons. The molecule has 0 aliphatic heterocycles. The van der Waals surface area contributed by atoms with Crippen molar-refractivity contribution in [3.63, 3.8) is 0 Å². The molecule has 168 valence electrons. The van der Waals surface area contributed by atoms with Gasteiger partial charge >= 0.3 is 5.97 Å². The molecule has 0 unspecified atom stereocenters. The van der Waals surface area contributed by atoms with E-state index in [9.17, 15) is 9.59 Å². The first-order valence-electron chi connectivity index (χ1n) is 10.3. The van der Waals surface area contributed by atoms with Crippen molar-refractivity contribution >= 4 is 62.1 Å². The van der Waals surface area contributed by atoms with Crippen molar-refractivity contribution in [2.75, 3.05) is 12.4 Å². The van der Waals surface area contributed by atoms with Crippen LogP contribution in [0.5, 0.6) is 0 Å². The summed E-state index contributed by atoms with van der Waals surface area (Å²) in [7, 11) is 1.33. The van der Waals surface area contributed by atoms with Crippen LogP contribution in [0.25, 0.3) is 32.6 Å². The zero-order valence-corrected chi connectivity index (χ0v) is 20.3. The second kappa shape index (κ2) is 9.38. The van der Waals surface area contributed by atoms with Gasteiger partial charge in [0.15, 0.2) is 0 Å². The van der Waals surface area contributed by atoms with Crippen LogP contribution in [0.3, 0.4) is 0 Å². The Morgan fingerprint density at radius 1 is 1.00 bits per heavy atom. The van der Waals surface area contributed by atoms with Gasteiger partial charge in [-0.25, -0.2) is 9.78 Å². The smallest absolute Gasteiger partial charge is 0.341 e. The fraction of sp³-hybridized carbons (Fsp3) is 0.0385. The third kappa shape index (κ3) is 4.21. The highest BCUT2D eigenvalue weighted by atomic mass is 35.5. The highest BCUT2D eigenvalue weighted by molar-refractivity contribution is 7.19. The normalized spacial score (nSPS) is 10.9. The number of amides is 1. The number of aromatic nitrogens is 1. The Morgan fingerprint density at radius 2 is 1.76 bits per heavy atom. The summed E-state index contributed by atoms with van der Waals surface area (Å²) in [6.45, 7) is 0. The number of esters is 1. The Balaban J connectivity index is 1.58. The second-order valence-corrected chi connectivity index (χ2v) is 9.94. The van der Waals surface area contributed by atoms with E-state index in [0.717, 1.165) is 10.4 Å². The van der Waals surface area contributed by atoms with E-state index in [2.05, 4.69) is 5.32 Å². The number of nitrogens with one attached hydrogen (secondary N) is 1. The van der Waals surface area contributed by atoms with Crippen molar-refractivity contribution in [2.45, 2.75) is 0 Å². The molecule has 1 amide bonds. The lowest BCUT2D eigenvalue weighted by Crippen LogP contribution is -2.15. The number of hydrogen-bond donors (Lipinski definition) is 1. The van der Waals surface area contributed by atoms with Gasteiger partial charge in [-0.2, -0.15) is 0 Å². The van der Waals surface area contributed by atoms with E-state index in [1.54, 1.807) is 12.1 Å². The van der Waals surface area contributed by atoms with Crippen LogP contribution in [0.4, 0.5) is 5.00 Å². The van der Waals surface area contributed by atoms with Gasteiger partial charge in [0.25, 0.3) is 5.91 Å². The van der Waals surface area contributed by atoms with Crippen molar-refractivity contribution in [1.29, 1.82) is 0 Å². The number of pyridine rings is 1. The molecule has 0 spiro atoms. The molecule has 5 rings (SSSR count). The number of rotatable bonds is 5. The first-order chi connectivity index (χ1) is 16.5. The fourth-order valence-electron chi connectivity index (χ4n) is 3.70. The molecule has 5 aromatic rings. The molecular weight excluding hydrogens is 488 g/mol. The predicted octanol–water partition coefficient (Wildman–Crippen LogP) is 7.38. The van der Waals surface area contributed by atoms with Crippen LogP contribution in [0.15, 0.2) is 78.2 Å². The molecule has 1 N–H and O–H groups in total. The van der Waals surface area contributed by atoms with E-state index < -0.39 is 5.97 Å². The van der Waals surface area contributed by atoms with Crippen LogP contribution in [0, 0.1) is 0 Å². The summed E-state index contributed by atoms with van der Waals surface area (Å²) in [4.78, 5) is 31.8. The maximum atomic E-state index is 13.5. The Morgan fingerprint density at radius 3 is 2.50 bits per heavy atom. The molecule has 2 aromatic carbocycles. The SMILES string of the molecule is COC(=O)c1c(-c2ccccc2)csc1NC(=O)c1cc(-c2ccc(Cl)s2)nc2ccccc12. The van der Waals surface area contributed by atoms with Crippen molar-refractivity contribution in [3.8, 4) is 21.7 Å². The number of halogens is 1. The second-order valence-electron chi connectivity index (χ2n) is 7.34. The van der Waals surface area contributed by atoms with Crippen LogP contribution in [0.1, 0.15) is 20.7 Å². The maximum Gasteiger partial charge on any atom is 0.341 e. The average molecular weight is 505 g/mol. The summed E-state index contributed by atoms with van der Waals surface area (Å²) >= 11 is 8.80. The minimum Gasteiger partial charge on any atom is -0.465 e. The zero-order valence-electron chi connectivity index (χ0n) is 17.9. The molecule has 34 heavy (non-hydrogen) atoms. The standard InChI is InChI=1S/C26H17ClN2O3S2/c1-32-26(31)23-18(15-7-3-2-4-8-15)14-33-25(23)29-24(30)17-13-20(21-11-12-22(27)34-21)28-19-10-6-5-9-16(17)19/h2-14H,1H3,(H,29,30). The topological polar surface area (TPSA) is 68.3 Å². The molecule has 0 aliphatic carbocycles. The Labute approximate surface area is 208 Å². The van der Waals surface area contributed by atoms with Crippen molar-refractivity contribution < 1.29 is 14.3 Å². The van der Waals surface area contributed by atoms with E-state index >= 15 is 0 Å². The van der Waals surface area contributed by atoms with E-state index in [1.807, 2.05) is 66.0 Å². The van der Waals surface area contributed by atoms with Gasteiger partial charge in [0, 0.05) is 16.3 Å². The van der Waals surface area contributed by atoms with Crippen LogP contribution in [0.2, 0.25) is 4.34 Å². The predicted molar refractivity (Wildman–Crippen MR) is 139 cm³/mol. The number of anilines is 1. The van der Waals surface area contributed by atoms with E-state index in [4.69, 9.17) is 21.3 Å². The minimum atomic E-state index is -0.510. The Hall–Kier alpha value is -3.52. The molecule has 0 saturated heterocycles. The van der Waals surface area contributed by atoms with E-state index in [0.29, 0.717) is 42.6 Å². The summed E-state index contributed by atoms with van der Waals surface area (Å²) in [5, 5.41) is 5.93. The third-order valence-electron chi connectivity index (χ3n) is 5.28. The Bertz CT molecular complexity index is 1530. The number of nitrogens with zero attached hydrogens (tertiary/aromatic N) is 1. The highest BCUT2D eigenvalue weighted by Gasteiger charge is 2.24. The van der Waals surface area contributed by atoms with Gasteiger partial charge in [0.05, 0.1) is 33.1 Å². The first-order valence-corrected chi connectivity index (χ1v) is 12.3. The monoisotopic (exact) mass is 504 g/mol. The Kier molecular flexibility index (Phi) is 6.15. The van der Waals surface area contributed by atoms with Crippen LogP contribution in [-0.4, -0.2) is 24.0 Å². The van der Waals surface area contributed by atoms with Gasteiger partial charge in [-0.1, -0.05) is 60.1 Å². The highest BCUT2D eigenvalue weighted by Crippen LogP contribution is 2.37. The zero-order chi connectivity index (χ0) is 23.7. The number of hydrogen-bond acceptors (Lipinski definition) is 6. The number of benzene rings is 2. The quantitative estimate of drug-likeness (QED) is 0.253. The van der Waals surface area contributed by atoms with Crippen LogP contribution < -0.4 is 5.32 Å². The van der Waals surface area contributed by atoms with Gasteiger partial charge in [-0.15, -0.1) is 22.7 Å². The minimum absolute atomic E-state index is 0.329. The van der Waals surface area contributed by atoms with Crippen molar-refractivity contribution in [1.82, 2.24) is 4.98 Å². The third-order valence-corrected chi connectivity index (χ3v) is 7.43. The lowest BCUT2D eigenvalue weighted by Gasteiger charge is -2.11. The van der Waals surface area contributed by atoms with Gasteiger partial charge in [-0.3, -0.25) is 4.79 Å². The van der Waals surface area contributed by atoms with Crippen LogP contribution in [-0.2, 0) is 4.74 Å². The number of carbonyl (C=O) groups excluding carboxylic acids is 2. The number of carbonyl (C=O) groups is 2. The van der Waals surface area contributed by atoms with Crippen molar-refractivity contribution in [2.24, 2.45) is 0 Å². The molecule has 0 bridgehead atoms. The number of methoxy groups -OCH3 is 1. The lowest BCUT2D eigenvalue weighted by atomic mass is 10.0. The molecule has 3 aromatic heterocycles. The molecule has 0 atom stereocenters. The lowest BCUT2D eigenvalue weighted by molar-refractivity contribution is 0.0603. The summed E-state index contributed by atoms with van der Waals surface area (Å²) < 4.78 is 5.67. The van der Waals surface area contributed by atoms with Gasteiger partial charge in [-0.05, 0) is 29.8 Å². The summed E-state index contributed by atoms with van der Waals surface area (Å²) in [6.07, 6.45) is 0. The molecule has 8 heteroatoms. The number of ether oxygens (including phenoxy) is 1. The fourth-order valence-corrected chi connectivity index (χ4v) is 5.65. The molecule has 3 heterocycles. The summed E-state index contributed by atoms with van der Waals surface area (Å²) in [5.41, 5.74) is 3.71. The largest absolute Gasteiger partial charge is 0.465 e. The summed E-state index contributed by atoms with van der Waals surface area (Å²) in [6, 6.07) is 22.4. The van der Waals surface area contributed by atoms with Gasteiger partial charge < -0.3 is 10.1 Å². The number of thiophene rings is 2. The number of fused-ring (bicyclic) bond motifs is 1. The molecule has 5 nitrogen and oxygen atoms in total. The van der Waals surface area contributed by atoms with Crippen LogP contribution >= 0.6 is 34.3 Å².